The normalized spacial score (nSPS) is 14.5. The Morgan fingerprint density at radius 3 is 2.23 bits per heavy atom. The number of fused-ring (bicyclic) bond motifs is 1. The fourth-order valence-electron chi connectivity index (χ4n) is 4.46. The van der Waals surface area contributed by atoms with Crippen LogP contribution in [-0.2, 0) is 16.0 Å². The number of halogens is 1. The van der Waals surface area contributed by atoms with E-state index in [4.69, 9.17) is 14.2 Å². The SMILES string of the molecule is COc1cc(/C=N\NC(=O)CC2=C(C)/C(=C/c3ccc([S+](C)[O-])cc3)c3ccc(F)cc32)cc(OC)c1OC. The number of benzene rings is 3. The van der Waals surface area contributed by atoms with E-state index >= 15 is 0 Å². The van der Waals surface area contributed by atoms with Crippen LogP contribution in [-0.4, -0.2) is 44.3 Å². The number of nitrogens with zero attached hydrogens (tertiary/aromatic N) is 1. The fraction of sp³-hybridized carbons (Fsp3) is 0.200. The average Bonchev–Trinajstić information content (AvgIpc) is 3.17. The van der Waals surface area contributed by atoms with Crippen molar-refractivity contribution in [1.29, 1.82) is 0 Å². The number of carbonyl (C=O) groups excluding carboxylic acids is 1. The van der Waals surface area contributed by atoms with Crippen molar-refractivity contribution in [3.05, 3.63) is 88.2 Å². The lowest BCUT2D eigenvalue weighted by Gasteiger charge is -2.12. The van der Waals surface area contributed by atoms with E-state index in [9.17, 15) is 13.7 Å². The molecular weight excluding hydrogens is 519 g/mol. The van der Waals surface area contributed by atoms with Crippen LogP contribution in [0.1, 0.15) is 35.6 Å². The van der Waals surface area contributed by atoms with Gasteiger partial charge in [0.25, 0.3) is 0 Å². The molecule has 9 heteroatoms. The van der Waals surface area contributed by atoms with Crippen LogP contribution in [0.5, 0.6) is 17.2 Å². The minimum Gasteiger partial charge on any atom is -0.612 e. The third-order valence-electron chi connectivity index (χ3n) is 6.40. The Morgan fingerprint density at radius 1 is 0.974 bits per heavy atom. The molecule has 1 atom stereocenters. The van der Waals surface area contributed by atoms with Gasteiger partial charge >= 0.3 is 0 Å². The molecule has 4 rings (SSSR count). The van der Waals surface area contributed by atoms with E-state index in [1.165, 1.54) is 39.7 Å². The van der Waals surface area contributed by atoms with Gasteiger partial charge in [0.15, 0.2) is 16.4 Å². The molecule has 0 aromatic heterocycles. The Labute approximate surface area is 230 Å². The Kier molecular flexibility index (Phi) is 8.73. The number of nitrogens with one attached hydrogen (secondary N) is 1. The first-order chi connectivity index (χ1) is 18.7. The molecule has 0 fully saturated rings. The van der Waals surface area contributed by atoms with E-state index in [1.54, 1.807) is 24.5 Å². The minimum atomic E-state index is -1.07. The minimum absolute atomic E-state index is 0.0139. The van der Waals surface area contributed by atoms with Crippen molar-refractivity contribution < 1.29 is 27.9 Å². The predicted molar refractivity (Wildman–Crippen MR) is 152 cm³/mol. The van der Waals surface area contributed by atoms with Gasteiger partial charge in [-0.25, -0.2) is 9.82 Å². The van der Waals surface area contributed by atoms with E-state index in [-0.39, 0.29) is 18.1 Å². The summed E-state index contributed by atoms with van der Waals surface area (Å²) >= 11 is -1.07. The zero-order valence-electron chi connectivity index (χ0n) is 22.3. The molecule has 1 N–H and O–H groups in total. The molecular formula is C30H29FN2O5S. The van der Waals surface area contributed by atoms with Crippen LogP contribution in [0.3, 0.4) is 0 Å². The number of methoxy groups -OCH3 is 3. The molecule has 1 aliphatic carbocycles. The number of amides is 1. The second-order valence-electron chi connectivity index (χ2n) is 8.80. The van der Waals surface area contributed by atoms with Crippen LogP contribution in [0.15, 0.2) is 70.2 Å². The summed E-state index contributed by atoms with van der Waals surface area (Å²) in [6, 6.07) is 15.4. The molecule has 0 spiro atoms. The van der Waals surface area contributed by atoms with E-state index < -0.39 is 11.2 Å². The monoisotopic (exact) mass is 548 g/mol. The van der Waals surface area contributed by atoms with Crippen molar-refractivity contribution in [2.24, 2.45) is 5.10 Å². The van der Waals surface area contributed by atoms with Gasteiger partial charge < -0.3 is 18.8 Å². The van der Waals surface area contributed by atoms with Crippen molar-refractivity contribution >= 4 is 40.5 Å². The number of hydrogen-bond donors (Lipinski definition) is 1. The first kappa shape index (κ1) is 27.9. The predicted octanol–water partition coefficient (Wildman–Crippen LogP) is 5.46. The molecule has 39 heavy (non-hydrogen) atoms. The molecule has 202 valence electrons. The van der Waals surface area contributed by atoms with Gasteiger partial charge in [0, 0.05) is 5.56 Å². The van der Waals surface area contributed by atoms with E-state index in [0.717, 1.165) is 32.7 Å². The molecule has 0 heterocycles. The summed E-state index contributed by atoms with van der Waals surface area (Å²) in [5, 5.41) is 4.09. The average molecular weight is 549 g/mol. The molecule has 1 unspecified atom stereocenters. The number of hydrazone groups is 1. The second-order valence-corrected chi connectivity index (χ2v) is 10.2. The third kappa shape index (κ3) is 6.16. The number of hydrogen-bond acceptors (Lipinski definition) is 6. The molecule has 1 aliphatic rings. The maximum Gasteiger partial charge on any atom is 0.244 e. The molecule has 3 aromatic carbocycles. The lowest BCUT2D eigenvalue weighted by molar-refractivity contribution is -0.120. The quantitative estimate of drug-likeness (QED) is 0.218. The lowest BCUT2D eigenvalue weighted by atomic mass is 10.0. The molecule has 0 bridgehead atoms. The van der Waals surface area contributed by atoms with Crippen LogP contribution >= 0.6 is 0 Å². The maximum atomic E-state index is 14.2. The van der Waals surface area contributed by atoms with Crippen LogP contribution < -0.4 is 19.6 Å². The van der Waals surface area contributed by atoms with Crippen molar-refractivity contribution in [2.45, 2.75) is 18.2 Å². The maximum absolute atomic E-state index is 14.2. The van der Waals surface area contributed by atoms with Gasteiger partial charge in [-0.2, -0.15) is 5.10 Å². The summed E-state index contributed by atoms with van der Waals surface area (Å²) in [6.45, 7) is 1.92. The number of allylic oxidation sites excluding steroid dienone is 2. The van der Waals surface area contributed by atoms with Gasteiger partial charge in [-0.15, -0.1) is 0 Å². The highest BCUT2D eigenvalue weighted by molar-refractivity contribution is 7.90. The number of carbonyl (C=O) groups is 1. The first-order valence-electron chi connectivity index (χ1n) is 12.0. The van der Waals surface area contributed by atoms with Crippen molar-refractivity contribution in [3.8, 4) is 17.2 Å². The Hall–Kier alpha value is -4.08. The summed E-state index contributed by atoms with van der Waals surface area (Å²) in [4.78, 5) is 13.6. The van der Waals surface area contributed by atoms with Crippen LogP contribution in [0, 0.1) is 5.82 Å². The van der Waals surface area contributed by atoms with Gasteiger partial charge in [-0.1, -0.05) is 6.07 Å². The van der Waals surface area contributed by atoms with E-state index in [1.807, 2.05) is 37.3 Å². The highest BCUT2D eigenvalue weighted by Gasteiger charge is 2.26. The van der Waals surface area contributed by atoms with Crippen molar-refractivity contribution in [1.82, 2.24) is 5.43 Å². The van der Waals surface area contributed by atoms with Crippen LogP contribution in [0.4, 0.5) is 4.39 Å². The Morgan fingerprint density at radius 2 is 1.64 bits per heavy atom. The summed E-state index contributed by atoms with van der Waals surface area (Å²) in [6.07, 6.45) is 5.11. The smallest absolute Gasteiger partial charge is 0.244 e. The Balaban J connectivity index is 1.56. The summed E-state index contributed by atoms with van der Waals surface area (Å²) < 4.78 is 42.0. The van der Waals surface area contributed by atoms with Gasteiger partial charge in [0.1, 0.15) is 12.1 Å². The second kappa shape index (κ2) is 12.2. The number of rotatable bonds is 9. The zero-order chi connectivity index (χ0) is 28.1. The highest BCUT2D eigenvalue weighted by Crippen LogP contribution is 2.44. The molecule has 3 aromatic rings. The zero-order valence-corrected chi connectivity index (χ0v) is 23.1. The molecule has 1 amide bonds. The Bertz CT molecular complexity index is 1450. The van der Waals surface area contributed by atoms with Gasteiger partial charge in [-0.3, -0.25) is 4.79 Å². The molecule has 7 nitrogen and oxygen atoms in total. The molecule has 0 radical (unpaired) electrons. The van der Waals surface area contributed by atoms with Crippen LogP contribution in [0.2, 0.25) is 0 Å². The third-order valence-corrected chi connectivity index (χ3v) is 7.34. The van der Waals surface area contributed by atoms with E-state index in [2.05, 4.69) is 10.5 Å². The van der Waals surface area contributed by atoms with Crippen LogP contribution in [0.25, 0.3) is 17.2 Å². The van der Waals surface area contributed by atoms with Crippen molar-refractivity contribution in [3.63, 3.8) is 0 Å². The summed E-state index contributed by atoms with van der Waals surface area (Å²) in [7, 11) is 4.55. The molecule has 0 aliphatic heterocycles. The van der Waals surface area contributed by atoms with Crippen molar-refractivity contribution in [2.75, 3.05) is 27.6 Å². The molecule has 0 saturated heterocycles. The lowest BCUT2D eigenvalue weighted by Crippen LogP contribution is -2.17. The van der Waals surface area contributed by atoms with Gasteiger partial charge in [0.2, 0.25) is 11.7 Å². The van der Waals surface area contributed by atoms with Gasteiger partial charge in [0.05, 0.1) is 34.0 Å². The topological polar surface area (TPSA) is 92.2 Å². The van der Waals surface area contributed by atoms with Gasteiger partial charge in [-0.05, 0) is 106 Å². The largest absolute Gasteiger partial charge is 0.612 e. The fourth-order valence-corrected chi connectivity index (χ4v) is 4.98. The first-order valence-corrected chi connectivity index (χ1v) is 13.6. The number of ether oxygens (including phenoxy) is 3. The molecule has 0 saturated carbocycles. The standard InChI is InChI=1S/C30H29FN2O5S/c1-18-24(12-19-6-9-22(10-7-19)39(5)35)23-11-8-21(31)15-26(23)25(18)16-29(34)33-32-17-20-13-27(36-2)30(38-4)28(14-20)37-3/h6-15,17H,16H2,1-5H3,(H,33,34)/b24-12-,32-17-. The summed E-state index contributed by atoms with van der Waals surface area (Å²) in [5.74, 6) is 0.657. The highest BCUT2D eigenvalue weighted by atomic mass is 32.2. The van der Waals surface area contributed by atoms with E-state index in [0.29, 0.717) is 28.4 Å². The summed E-state index contributed by atoms with van der Waals surface area (Å²) in [5.41, 5.74) is 8.12.